The molecule has 4 atom stereocenters. The maximum atomic E-state index is 9.77. The van der Waals surface area contributed by atoms with Crippen LogP contribution < -0.4 is 0 Å². The summed E-state index contributed by atoms with van der Waals surface area (Å²) in [5, 5.41) is 9.77. The average molecular weight is 190 g/mol. The highest BCUT2D eigenvalue weighted by atomic mass is 16.7. The predicted molar refractivity (Wildman–Crippen MR) is 42.0 cm³/mol. The van der Waals surface area contributed by atoms with Crippen LogP contribution in [0.3, 0.4) is 0 Å². The molecule has 0 spiro atoms. The number of fused-ring (bicyclic) bond motifs is 1. The van der Waals surface area contributed by atoms with E-state index in [-0.39, 0.29) is 31.9 Å². The van der Waals surface area contributed by atoms with Gasteiger partial charge in [-0.2, -0.15) is 0 Å². The molecule has 1 N–H and O–H groups in total. The van der Waals surface area contributed by atoms with Gasteiger partial charge in [0.05, 0.1) is 12.7 Å². The van der Waals surface area contributed by atoms with Gasteiger partial charge in [-0.1, -0.05) is 0 Å². The van der Waals surface area contributed by atoms with Gasteiger partial charge in [0.2, 0.25) is 0 Å². The van der Waals surface area contributed by atoms with Gasteiger partial charge in [-0.15, -0.1) is 0 Å². The van der Waals surface area contributed by atoms with Crippen molar-refractivity contribution in [1.82, 2.24) is 0 Å². The van der Waals surface area contributed by atoms with Crippen molar-refractivity contribution in [3.63, 3.8) is 0 Å². The standard InChI is InChI=1S/C8H14O5/c1-5-7(9)8-6(12-4-11-5)2-10-3-13-8/h5-9H,2-4H2,1H3/t5-,6-,7+,8-/m0/s1. The van der Waals surface area contributed by atoms with E-state index in [0.29, 0.717) is 6.61 Å². The molecule has 0 amide bonds. The molecule has 13 heavy (non-hydrogen) atoms. The van der Waals surface area contributed by atoms with Crippen molar-refractivity contribution in [2.45, 2.75) is 31.3 Å². The fraction of sp³-hybridized carbons (Fsp3) is 1.00. The fourth-order valence-corrected chi connectivity index (χ4v) is 1.55. The Morgan fingerprint density at radius 3 is 2.85 bits per heavy atom. The lowest BCUT2D eigenvalue weighted by molar-refractivity contribution is -0.226. The van der Waals surface area contributed by atoms with Gasteiger partial charge in [-0.25, -0.2) is 0 Å². The number of rotatable bonds is 0. The summed E-state index contributed by atoms with van der Waals surface area (Å²) in [6.07, 6.45) is -1.44. The van der Waals surface area contributed by atoms with E-state index in [2.05, 4.69) is 0 Å². The molecule has 2 aliphatic rings. The van der Waals surface area contributed by atoms with Crippen LogP contribution >= 0.6 is 0 Å². The summed E-state index contributed by atoms with van der Waals surface area (Å²) < 4.78 is 20.8. The van der Waals surface area contributed by atoms with Crippen LogP contribution in [0.1, 0.15) is 6.92 Å². The Morgan fingerprint density at radius 1 is 1.15 bits per heavy atom. The van der Waals surface area contributed by atoms with Crippen molar-refractivity contribution >= 4 is 0 Å². The molecular formula is C8H14O5. The van der Waals surface area contributed by atoms with Crippen LogP contribution in [0.5, 0.6) is 0 Å². The molecule has 2 aliphatic heterocycles. The van der Waals surface area contributed by atoms with Gasteiger partial charge in [0.25, 0.3) is 0 Å². The Labute approximate surface area is 76.5 Å². The maximum absolute atomic E-state index is 9.77. The van der Waals surface area contributed by atoms with Gasteiger partial charge >= 0.3 is 0 Å². The van der Waals surface area contributed by atoms with Crippen molar-refractivity contribution in [3.8, 4) is 0 Å². The summed E-state index contributed by atoms with van der Waals surface area (Å²) in [6, 6.07) is 0. The number of aliphatic hydroxyl groups excluding tert-OH is 1. The normalized spacial score (nSPS) is 46.6. The SMILES string of the molecule is C[C@@H]1OCO[C@H]2COCO[C@@H]2[C@@H]1O. The number of hydrogen-bond acceptors (Lipinski definition) is 5. The molecule has 0 radical (unpaired) electrons. The maximum Gasteiger partial charge on any atom is 0.147 e. The first-order valence-corrected chi connectivity index (χ1v) is 4.39. The lowest BCUT2D eigenvalue weighted by Crippen LogP contribution is -2.49. The first-order valence-electron chi connectivity index (χ1n) is 4.39. The zero-order valence-corrected chi connectivity index (χ0v) is 7.51. The molecule has 0 aromatic carbocycles. The third-order valence-corrected chi connectivity index (χ3v) is 2.42. The van der Waals surface area contributed by atoms with E-state index in [9.17, 15) is 5.11 Å². The van der Waals surface area contributed by atoms with Gasteiger partial charge < -0.3 is 24.1 Å². The minimum absolute atomic E-state index is 0.187. The molecule has 0 aromatic rings. The monoisotopic (exact) mass is 190 g/mol. The third kappa shape index (κ3) is 1.84. The Morgan fingerprint density at radius 2 is 2.00 bits per heavy atom. The van der Waals surface area contributed by atoms with E-state index in [1.54, 1.807) is 6.92 Å². The zero-order chi connectivity index (χ0) is 9.26. The minimum atomic E-state index is -0.642. The Hall–Kier alpha value is -0.200. The Balaban J connectivity index is 2.06. The number of ether oxygens (including phenoxy) is 4. The van der Waals surface area contributed by atoms with Crippen LogP contribution in [0.15, 0.2) is 0 Å². The van der Waals surface area contributed by atoms with Crippen molar-refractivity contribution in [1.29, 1.82) is 0 Å². The molecule has 0 aliphatic carbocycles. The van der Waals surface area contributed by atoms with Gasteiger partial charge in [0.1, 0.15) is 31.9 Å². The zero-order valence-electron chi connectivity index (χ0n) is 7.51. The Kier molecular flexibility index (Phi) is 2.80. The van der Waals surface area contributed by atoms with Crippen LogP contribution in [0.2, 0.25) is 0 Å². The lowest BCUT2D eigenvalue weighted by atomic mass is 10.0. The number of hydrogen-bond donors (Lipinski definition) is 1. The van der Waals surface area contributed by atoms with Crippen molar-refractivity contribution in [2.75, 3.05) is 20.2 Å². The summed E-state index contributed by atoms with van der Waals surface area (Å²) in [5.74, 6) is 0. The average Bonchev–Trinajstić information content (AvgIpc) is 2.29. The summed E-state index contributed by atoms with van der Waals surface area (Å²) in [5.41, 5.74) is 0. The molecule has 2 rings (SSSR count). The van der Waals surface area contributed by atoms with Crippen LogP contribution in [0.4, 0.5) is 0 Å². The highest BCUT2D eigenvalue weighted by Crippen LogP contribution is 2.21. The molecule has 0 bridgehead atoms. The summed E-state index contributed by atoms with van der Waals surface area (Å²) >= 11 is 0. The molecular weight excluding hydrogens is 176 g/mol. The van der Waals surface area contributed by atoms with Crippen LogP contribution in [-0.2, 0) is 18.9 Å². The second kappa shape index (κ2) is 3.89. The first kappa shape index (κ1) is 9.36. The molecule has 0 saturated carbocycles. The lowest BCUT2D eigenvalue weighted by Gasteiger charge is -2.32. The highest BCUT2D eigenvalue weighted by Gasteiger charge is 2.38. The van der Waals surface area contributed by atoms with Crippen molar-refractivity contribution in [2.24, 2.45) is 0 Å². The largest absolute Gasteiger partial charge is 0.388 e. The second-order valence-electron chi connectivity index (χ2n) is 3.31. The van der Waals surface area contributed by atoms with Crippen LogP contribution in [0, 0.1) is 0 Å². The van der Waals surface area contributed by atoms with Gasteiger partial charge in [-0.05, 0) is 6.92 Å². The Bertz CT molecular complexity index is 172. The summed E-state index contributed by atoms with van der Waals surface area (Å²) in [6.45, 7) is 2.66. The number of aliphatic hydroxyl groups is 1. The molecule has 2 saturated heterocycles. The van der Waals surface area contributed by atoms with E-state index < -0.39 is 6.10 Å². The minimum Gasteiger partial charge on any atom is -0.388 e. The highest BCUT2D eigenvalue weighted by molar-refractivity contribution is 4.84. The topological polar surface area (TPSA) is 57.2 Å². The molecule has 5 nitrogen and oxygen atoms in total. The van der Waals surface area contributed by atoms with Crippen LogP contribution in [0.25, 0.3) is 0 Å². The summed E-state index contributed by atoms with van der Waals surface area (Å²) in [4.78, 5) is 0. The van der Waals surface area contributed by atoms with E-state index in [4.69, 9.17) is 18.9 Å². The third-order valence-electron chi connectivity index (χ3n) is 2.42. The molecule has 5 heteroatoms. The van der Waals surface area contributed by atoms with Crippen molar-refractivity contribution < 1.29 is 24.1 Å². The van der Waals surface area contributed by atoms with E-state index in [1.807, 2.05) is 0 Å². The molecule has 76 valence electrons. The molecule has 0 unspecified atom stereocenters. The molecule has 2 fully saturated rings. The smallest absolute Gasteiger partial charge is 0.147 e. The van der Waals surface area contributed by atoms with E-state index in [0.717, 1.165) is 0 Å². The molecule has 0 aromatic heterocycles. The second-order valence-corrected chi connectivity index (χ2v) is 3.31. The predicted octanol–water partition coefficient (Wildman–Crippen LogP) is -0.518. The quantitative estimate of drug-likeness (QED) is 0.557. The van der Waals surface area contributed by atoms with Crippen molar-refractivity contribution in [3.05, 3.63) is 0 Å². The van der Waals surface area contributed by atoms with Crippen LogP contribution in [-0.4, -0.2) is 49.7 Å². The van der Waals surface area contributed by atoms with E-state index >= 15 is 0 Å². The van der Waals surface area contributed by atoms with Gasteiger partial charge in [0.15, 0.2) is 0 Å². The van der Waals surface area contributed by atoms with Gasteiger partial charge in [0, 0.05) is 0 Å². The molecule has 2 heterocycles. The van der Waals surface area contributed by atoms with Gasteiger partial charge in [-0.3, -0.25) is 0 Å². The van der Waals surface area contributed by atoms with E-state index in [1.165, 1.54) is 0 Å². The first-order chi connectivity index (χ1) is 6.29. The fourth-order valence-electron chi connectivity index (χ4n) is 1.55. The summed E-state index contributed by atoms with van der Waals surface area (Å²) in [7, 11) is 0.